The number of fused-ring (bicyclic) bond motifs is 4. The molecule has 2 unspecified atom stereocenters. The topological polar surface area (TPSA) is 44.4 Å². The van der Waals surface area contributed by atoms with Gasteiger partial charge >= 0.3 is 0 Å². The van der Waals surface area contributed by atoms with Crippen LogP contribution in [0.1, 0.15) is 24.8 Å². The van der Waals surface area contributed by atoms with Crippen LogP contribution in [0.3, 0.4) is 0 Å². The Morgan fingerprint density at radius 1 is 1.14 bits per heavy atom. The van der Waals surface area contributed by atoms with Crippen molar-refractivity contribution in [2.75, 3.05) is 25.0 Å². The summed E-state index contributed by atoms with van der Waals surface area (Å²) in [5, 5.41) is 6.75. The fourth-order valence-corrected chi connectivity index (χ4v) is 4.08. The van der Waals surface area contributed by atoms with Gasteiger partial charge in [-0.3, -0.25) is 4.79 Å². The van der Waals surface area contributed by atoms with Crippen molar-refractivity contribution < 1.29 is 4.79 Å². The number of nitrogens with zero attached hydrogens (tertiary/aromatic N) is 1. The van der Waals surface area contributed by atoms with E-state index in [9.17, 15) is 4.79 Å². The highest BCUT2D eigenvalue weighted by atomic mass is 16.2. The quantitative estimate of drug-likeness (QED) is 0.868. The summed E-state index contributed by atoms with van der Waals surface area (Å²) in [7, 11) is 0. The number of carbonyl (C=O) groups is 1. The Labute approximate surface area is 125 Å². The van der Waals surface area contributed by atoms with Crippen molar-refractivity contribution in [3.63, 3.8) is 0 Å². The van der Waals surface area contributed by atoms with Crippen molar-refractivity contribution in [1.82, 2.24) is 10.2 Å². The number of nitrogens with one attached hydrogen (secondary N) is 2. The minimum atomic E-state index is -0.0528. The fraction of sp³-hybridized carbons (Fsp3) is 0.588. The predicted octanol–water partition coefficient (Wildman–Crippen LogP) is 1.62. The second kappa shape index (κ2) is 5.43. The molecule has 1 amide bonds. The van der Waals surface area contributed by atoms with Gasteiger partial charge in [0.25, 0.3) is 0 Å². The first-order chi connectivity index (χ1) is 10.3. The normalized spacial score (nSPS) is 35.0. The highest BCUT2D eigenvalue weighted by molar-refractivity contribution is 5.96. The third-order valence-corrected chi connectivity index (χ3v) is 5.37. The summed E-state index contributed by atoms with van der Waals surface area (Å²) in [5.74, 6) is 0.893. The Hall–Kier alpha value is -1.39. The molecule has 4 aliphatic rings. The summed E-state index contributed by atoms with van der Waals surface area (Å²) in [6.07, 6.45) is 4.43. The molecule has 4 aliphatic heterocycles. The number of benzene rings is 1. The van der Waals surface area contributed by atoms with Crippen molar-refractivity contribution in [1.29, 1.82) is 0 Å². The maximum absolute atomic E-state index is 12.5. The first-order valence-electron chi connectivity index (χ1n) is 8.17. The Kier molecular flexibility index (Phi) is 3.43. The van der Waals surface area contributed by atoms with Gasteiger partial charge in [-0.25, -0.2) is 0 Å². The van der Waals surface area contributed by atoms with Crippen molar-refractivity contribution in [2.24, 2.45) is 5.92 Å². The smallest absolute Gasteiger partial charge is 0.241 e. The molecule has 4 heteroatoms. The van der Waals surface area contributed by atoms with Gasteiger partial charge in [0.15, 0.2) is 0 Å². The maximum atomic E-state index is 12.5. The Bertz CT molecular complexity index is 537. The average molecular weight is 285 g/mol. The van der Waals surface area contributed by atoms with E-state index in [1.807, 2.05) is 18.2 Å². The van der Waals surface area contributed by atoms with E-state index < -0.39 is 0 Å². The first-order valence-corrected chi connectivity index (χ1v) is 8.17. The summed E-state index contributed by atoms with van der Waals surface area (Å²) in [6, 6.07) is 8.59. The van der Waals surface area contributed by atoms with Crippen molar-refractivity contribution in [3.8, 4) is 0 Å². The lowest BCUT2D eigenvalue weighted by Crippen LogP contribution is -2.59. The van der Waals surface area contributed by atoms with Crippen LogP contribution in [0, 0.1) is 5.92 Å². The molecule has 5 rings (SSSR count). The van der Waals surface area contributed by atoms with E-state index in [2.05, 4.69) is 21.6 Å². The van der Waals surface area contributed by atoms with Crippen LogP contribution < -0.4 is 10.6 Å². The molecule has 3 saturated heterocycles. The number of piperidine rings is 3. The lowest BCUT2D eigenvalue weighted by molar-refractivity contribution is -0.118. The van der Waals surface area contributed by atoms with E-state index in [0.717, 1.165) is 31.0 Å². The molecule has 1 aromatic rings. The molecule has 2 atom stereocenters. The van der Waals surface area contributed by atoms with Gasteiger partial charge in [0, 0.05) is 18.3 Å². The molecule has 0 saturated carbocycles. The number of aryl methyl sites for hydroxylation is 1. The molecule has 4 heterocycles. The molecule has 3 fully saturated rings. The Morgan fingerprint density at radius 3 is 2.71 bits per heavy atom. The minimum Gasteiger partial charge on any atom is -0.324 e. The van der Waals surface area contributed by atoms with Gasteiger partial charge in [0.1, 0.15) is 0 Å². The highest BCUT2D eigenvalue weighted by Crippen LogP contribution is 2.29. The zero-order valence-corrected chi connectivity index (χ0v) is 12.3. The molecule has 21 heavy (non-hydrogen) atoms. The van der Waals surface area contributed by atoms with Crippen LogP contribution in [0.15, 0.2) is 24.3 Å². The monoisotopic (exact) mass is 285 g/mol. The van der Waals surface area contributed by atoms with Gasteiger partial charge in [-0.05, 0) is 56.3 Å². The third-order valence-electron chi connectivity index (χ3n) is 5.37. The van der Waals surface area contributed by atoms with Crippen molar-refractivity contribution in [3.05, 3.63) is 29.8 Å². The number of carbonyl (C=O) groups excluding carboxylic acids is 1. The SMILES string of the molecule is O=C1Nc2ccccc2CCC1NC1CN2CCC1CC2. The zero-order chi connectivity index (χ0) is 14.2. The van der Waals surface area contributed by atoms with Gasteiger partial charge < -0.3 is 15.5 Å². The number of amides is 1. The molecule has 2 N–H and O–H groups in total. The van der Waals surface area contributed by atoms with Crippen LogP contribution in [0.25, 0.3) is 0 Å². The zero-order valence-electron chi connectivity index (χ0n) is 12.3. The number of hydrogen-bond acceptors (Lipinski definition) is 3. The third kappa shape index (κ3) is 2.58. The van der Waals surface area contributed by atoms with E-state index in [1.165, 1.54) is 31.5 Å². The summed E-state index contributed by atoms with van der Waals surface area (Å²) in [6.45, 7) is 3.59. The van der Waals surface area contributed by atoms with Crippen LogP contribution in [0.2, 0.25) is 0 Å². The summed E-state index contributed by atoms with van der Waals surface area (Å²) in [4.78, 5) is 15.0. The Morgan fingerprint density at radius 2 is 1.95 bits per heavy atom. The van der Waals surface area contributed by atoms with Gasteiger partial charge in [0.2, 0.25) is 5.91 Å². The highest BCUT2D eigenvalue weighted by Gasteiger charge is 2.36. The second-order valence-electron chi connectivity index (χ2n) is 6.65. The molecule has 0 spiro atoms. The van der Waals surface area contributed by atoms with Crippen LogP contribution in [-0.4, -0.2) is 42.5 Å². The average Bonchev–Trinajstić information content (AvgIpc) is 2.68. The summed E-state index contributed by atoms with van der Waals surface area (Å²) < 4.78 is 0. The molecule has 112 valence electrons. The molecule has 4 nitrogen and oxygen atoms in total. The van der Waals surface area contributed by atoms with E-state index in [0.29, 0.717) is 6.04 Å². The minimum absolute atomic E-state index is 0.0528. The number of rotatable bonds is 2. The van der Waals surface area contributed by atoms with Gasteiger partial charge in [0.05, 0.1) is 6.04 Å². The molecule has 1 aromatic carbocycles. The molecular weight excluding hydrogens is 262 g/mol. The predicted molar refractivity (Wildman–Crippen MR) is 83.3 cm³/mol. The van der Waals surface area contributed by atoms with Gasteiger partial charge in [-0.1, -0.05) is 18.2 Å². The number of hydrogen-bond donors (Lipinski definition) is 2. The van der Waals surface area contributed by atoms with Crippen LogP contribution in [0.5, 0.6) is 0 Å². The largest absolute Gasteiger partial charge is 0.324 e. The molecular formula is C17H23N3O. The van der Waals surface area contributed by atoms with Crippen LogP contribution >= 0.6 is 0 Å². The lowest BCUT2D eigenvalue weighted by Gasteiger charge is -2.46. The summed E-state index contributed by atoms with van der Waals surface area (Å²) >= 11 is 0. The van der Waals surface area contributed by atoms with E-state index in [-0.39, 0.29) is 11.9 Å². The second-order valence-corrected chi connectivity index (χ2v) is 6.65. The number of para-hydroxylation sites is 1. The molecule has 0 aromatic heterocycles. The van der Waals surface area contributed by atoms with Crippen molar-refractivity contribution >= 4 is 11.6 Å². The van der Waals surface area contributed by atoms with E-state index in [1.54, 1.807) is 0 Å². The van der Waals surface area contributed by atoms with Crippen LogP contribution in [-0.2, 0) is 11.2 Å². The van der Waals surface area contributed by atoms with Crippen molar-refractivity contribution in [2.45, 2.75) is 37.8 Å². The number of anilines is 1. The standard InChI is InChI=1S/C17H23N3O/c21-17-15(6-5-12-3-1-2-4-14(12)19-17)18-16-11-20-9-7-13(16)8-10-20/h1-4,13,15-16,18H,5-11H2,(H,19,21). The van der Waals surface area contributed by atoms with Gasteiger partial charge in [-0.2, -0.15) is 0 Å². The van der Waals surface area contributed by atoms with Gasteiger partial charge in [-0.15, -0.1) is 0 Å². The van der Waals surface area contributed by atoms with Crippen LogP contribution in [0.4, 0.5) is 5.69 Å². The maximum Gasteiger partial charge on any atom is 0.241 e. The fourth-order valence-electron chi connectivity index (χ4n) is 4.08. The molecule has 0 radical (unpaired) electrons. The van der Waals surface area contributed by atoms with E-state index >= 15 is 0 Å². The molecule has 2 bridgehead atoms. The lowest BCUT2D eigenvalue weighted by atomic mass is 9.83. The first kappa shape index (κ1) is 13.3. The summed E-state index contributed by atoms with van der Waals surface area (Å²) in [5.41, 5.74) is 2.24. The Balaban J connectivity index is 1.46. The molecule has 0 aliphatic carbocycles. The van der Waals surface area contributed by atoms with E-state index in [4.69, 9.17) is 0 Å².